The van der Waals surface area contributed by atoms with Crippen LogP contribution in [-0.2, 0) is 9.59 Å². The number of carbonyl (C=O) groups is 2. The van der Waals surface area contributed by atoms with Crippen molar-refractivity contribution in [3.63, 3.8) is 0 Å². The van der Waals surface area contributed by atoms with Crippen LogP contribution in [0.15, 0.2) is 11.6 Å². The largest absolute Gasteiger partial charge is 0.481 e. The van der Waals surface area contributed by atoms with Gasteiger partial charge in [0.2, 0.25) is 0 Å². The molecule has 0 amide bonds. The van der Waals surface area contributed by atoms with Crippen LogP contribution in [0.2, 0.25) is 0 Å². The van der Waals surface area contributed by atoms with Gasteiger partial charge in [0.25, 0.3) is 0 Å². The van der Waals surface area contributed by atoms with Crippen LogP contribution < -0.4 is 0 Å². The number of carboxylic acids is 1. The molecule has 1 aliphatic carbocycles. The molecule has 0 saturated carbocycles. The van der Waals surface area contributed by atoms with E-state index in [-0.39, 0.29) is 12.2 Å². The number of ketones is 1. The lowest BCUT2D eigenvalue weighted by Crippen LogP contribution is -2.32. The van der Waals surface area contributed by atoms with E-state index in [4.69, 9.17) is 5.11 Å². The molecule has 1 unspecified atom stereocenters. The fourth-order valence-electron chi connectivity index (χ4n) is 1.58. The smallest absolute Gasteiger partial charge is 0.304 e. The third-order valence-corrected chi connectivity index (χ3v) is 2.58. The Morgan fingerprint density at radius 3 is 2.77 bits per heavy atom. The van der Waals surface area contributed by atoms with Crippen LogP contribution in [0.5, 0.6) is 0 Å². The lowest BCUT2D eigenvalue weighted by molar-refractivity contribution is -0.143. The summed E-state index contributed by atoms with van der Waals surface area (Å²) in [5.41, 5.74) is 0.374. The van der Waals surface area contributed by atoms with Crippen molar-refractivity contribution in [1.82, 2.24) is 0 Å². The van der Waals surface area contributed by atoms with Gasteiger partial charge in [-0.25, -0.2) is 0 Å². The molecule has 0 aromatic rings. The molecule has 0 spiro atoms. The molecule has 0 fully saturated rings. The Labute approximate surface area is 77.4 Å². The van der Waals surface area contributed by atoms with Gasteiger partial charge in [0.15, 0.2) is 5.78 Å². The van der Waals surface area contributed by atoms with Gasteiger partial charge in [-0.3, -0.25) is 9.59 Å². The van der Waals surface area contributed by atoms with E-state index in [2.05, 4.69) is 0 Å². The maximum Gasteiger partial charge on any atom is 0.304 e. The summed E-state index contributed by atoms with van der Waals surface area (Å²) in [5.74, 6) is -0.942. The van der Waals surface area contributed by atoms with Gasteiger partial charge in [-0.15, -0.1) is 0 Å². The molecule has 0 radical (unpaired) electrons. The molecular formula is C10H14O3. The molecule has 3 nitrogen and oxygen atoms in total. The SMILES string of the molecule is CC1=CC(=O)C(C)(CC(=O)O)CC1. The monoisotopic (exact) mass is 182 g/mol. The highest BCUT2D eigenvalue weighted by molar-refractivity contribution is 5.98. The lowest BCUT2D eigenvalue weighted by atomic mass is 9.73. The fourth-order valence-corrected chi connectivity index (χ4v) is 1.58. The van der Waals surface area contributed by atoms with Crippen LogP contribution in [0.3, 0.4) is 0 Å². The van der Waals surface area contributed by atoms with Crippen LogP contribution in [0.4, 0.5) is 0 Å². The van der Waals surface area contributed by atoms with Crippen LogP contribution in [-0.4, -0.2) is 16.9 Å². The van der Waals surface area contributed by atoms with Crippen molar-refractivity contribution in [3.05, 3.63) is 11.6 Å². The molecule has 0 aromatic heterocycles. The maximum atomic E-state index is 11.5. The minimum Gasteiger partial charge on any atom is -0.481 e. The van der Waals surface area contributed by atoms with Gasteiger partial charge in [0, 0.05) is 5.41 Å². The normalized spacial score (nSPS) is 28.5. The van der Waals surface area contributed by atoms with Crippen molar-refractivity contribution in [3.8, 4) is 0 Å². The molecule has 13 heavy (non-hydrogen) atoms. The second kappa shape index (κ2) is 3.32. The van der Waals surface area contributed by atoms with Crippen LogP contribution in [0.25, 0.3) is 0 Å². The first-order valence-electron chi connectivity index (χ1n) is 4.37. The third kappa shape index (κ3) is 2.17. The topological polar surface area (TPSA) is 54.4 Å². The first-order valence-corrected chi connectivity index (χ1v) is 4.37. The highest BCUT2D eigenvalue weighted by Crippen LogP contribution is 2.35. The second-order valence-corrected chi connectivity index (χ2v) is 3.99. The van der Waals surface area contributed by atoms with Gasteiger partial charge in [-0.1, -0.05) is 12.5 Å². The maximum absolute atomic E-state index is 11.5. The number of carbonyl (C=O) groups excluding carboxylic acids is 1. The van der Waals surface area contributed by atoms with Gasteiger partial charge >= 0.3 is 5.97 Å². The molecule has 0 bridgehead atoms. The van der Waals surface area contributed by atoms with Gasteiger partial charge in [-0.2, -0.15) is 0 Å². The number of allylic oxidation sites excluding steroid dienone is 2. The standard InChI is InChI=1S/C10H14O3/c1-7-3-4-10(2,6-9(12)13)8(11)5-7/h5H,3-4,6H2,1-2H3,(H,12,13). The van der Waals surface area contributed by atoms with Crippen molar-refractivity contribution in [2.75, 3.05) is 0 Å². The number of carboxylic acid groups (broad SMARTS) is 1. The zero-order chi connectivity index (χ0) is 10.1. The highest BCUT2D eigenvalue weighted by Gasteiger charge is 2.36. The zero-order valence-corrected chi connectivity index (χ0v) is 7.96. The van der Waals surface area contributed by atoms with Crippen molar-refractivity contribution in [2.45, 2.75) is 33.1 Å². The van der Waals surface area contributed by atoms with Crippen molar-refractivity contribution >= 4 is 11.8 Å². The molecule has 1 aliphatic rings. The molecule has 1 atom stereocenters. The van der Waals surface area contributed by atoms with E-state index in [1.54, 1.807) is 13.0 Å². The highest BCUT2D eigenvalue weighted by atomic mass is 16.4. The summed E-state index contributed by atoms with van der Waals surface area (Å²) in [6, 6.07) is 0. The number of aliphatic carboxylic acids is 1. The average molecular weight is 182 g/mol. The molecule has 0 saturated heterocycles. The predicted molar refractivity (Wildman–Crippen MR) is 48.4 cm³/mol. The molecule has 0 aliphatic heterocycles. The van der Waals surface area contributed by atoms with E-state index in [1.165, 1.54) is 0 Å². The van der Waals surface area contributed by atoms with Gasteiger partial charge in [0.05, 0.1) is 6.42 Å². The minimum absolute atomic E-state index is 0.0429. The molecule has 0 heterocycles. The third-order valence-electron chi connectivity index (χ3n) is 2.58. The molecule has 0 aromatic carbocycles. The van der Waals surface area contributed by atoms with Crippen LogP contribution in [0, 0.1) is 5.41 Å². The summed E-state index contributed by atoms with van der Waals surface area (Å²) >= 11 is 0. The minimum atomic E-state index is -0.899. The second-order valence-electron chi connectivity index (χ2n) is 3.99. The molecule has 3 heteroatoms. The van der Waals surface area contributed by atoms with Crippen molar-refractivity contribution in [1.29, 1.82) is 0 Å². The Bertz CT molecular complexity index is 278. The summed E-state index contributed by atoms with van der Waals surface area (Å²) in [6.45, 7) is 3.63. The molecule has 1 rings (SSSR count). The Hall–Kier alpha value is -1.12. The van der Waals surface area contributed by atoms with E-state index < -0.39 is 11.4 Å². The van der Waals surface area contributed by atoms with E-state index in [9.17, 15) is 9.59 Å². The van der Waals surface area contributed by atoms with E-state index in [1.807, 2.05) is 6.92 Å². The Morgan fingerprint density at radius 2 is 2.31 bits per heavy atom. The summed E-state index contributed by atoms with van der Waals surface area (Å²) in [7, 11) is 0. The van der Waals surface area contributed by atoms with Crippen molar-refractivity contribution < 1.29 is 14.7 Å². The Kier molecular flexibility index (Phi) is 2.55. The van der Waals surface area contributed by atoms with E-state index >= 15 is 0 Å². The summed E-state index contributed by atoms with van der Waals surface area (Å²) in [4.78, 5) is 22.0. The van der Waals surface area contributed by atoms with E-state index in [0.717, 1.165) is 12.0 Å². The number of hydrogen-bond donors (Lipinski definition) is 1. The number of rotatable bonds is 2. The Balaban J connectivity index is 2.81. The molecular weight excluding hydrogens is 168 g/mol. The molecule has 1 N–H and O–H groups in total. The van der Waals surface area contributed by atoms with E-state index in [0.29, 0.717) is 6.42 Å². The van der Waals surface area contributed by atoms with Gasteiger partial charge in [0.1, 0.15) is 0 Å². The summed E-state index contributed by atoms with van der Waals surface area (Å²) < 4.78 is 0. The average Bonchev–Trinajstić information content (AvgIpc) is 1.97. The summed E-state index contributed by atoms with van der Waals surface area (Å²) in [6.07, 6.45) is 3.00. The first kappa shape index (κ1) is 9.96. The van der Waals surface area contributed by atoms with Gasteiger partial charge in [-0.05, 0) is 25.8 Å². The zero-order valence-electron chi connectivity index (χ0n) is 7.96. The quantitative estimate of drug-likeness (QED) is 0.708. The Morgan fingerprint density at radius 1 is 1.69 bits per heavy atom. The fraction of sp³-hybridized carbons (Fsp3) is 0.600. The first-order chi connectivity index (χ1) is 5.94. The predicted octanol–water partition coefficient (Wildman–Crippen LogP) is 1.78. The number of hydrogen-bond acceptors (Lipinski definition) is 2. The van der Waals surface area contributed by atoms with Gasteiger partial charge < -0.3 is 5.11 Å². The lowest BCUT2D eigenvalue weighted by Gasteiger charge is -2.28. The van der Waals surface area contributed by atoms with Crippen LogP contribution >= 0.6 is 0 Å². The van der Waals surface area contributed by atoms with Crippen LogP contribution in [0.1, 0.15) is 33.1 Å². The molecule has 72 valence electrons. The van der Waals surface area contributed by atoms with Crippen molar-refractivity contribution in [2.24, 2.45) is 5.41 Å². The summed E-state index contributed by atoms with van der Waals surface area (Å²) in [5, 5.41) is 8.64.